The van der Waals surface area contributed by atoms with E-state index >= 15 is 0 Å². The third-order valence-electron chi connectivity index (χ3n) is 2.44. The lowest BCUT2D eigenvalue weighted by molar-refractivity contribution is -0.122. The molecule has 2 aliphatic heterocycles. The van der Waals surface area contributed by atoms with Crippen LogP contribution in [0.3, 0.4) is 0 Å². The van der Waals surface area contributed by atoms with Gasteiger partial charge in [-0.3, -0.25) is 9.59 Å². The lowest BCUT2D eigenvalue weighted by Gasteiger charge is -2.11. The topological polar surface area (TPSA) is 34.1 Å². The largest absolute Gasteiger partial charge is 0.287 e. The molecule has 0 N–H and O–H groups in total. The SMILES string of the molecule is O=C1SCCC1C1CCSC1=O. The molecule has 12 heavy (non-hydrogen) atoms. The van der Waals surface area contributed by atoms with Crippen molar-refractivity contribution in [3.8, 4) is 0 Å². The summed E-state index contributed by atoms with van der Waals surface area (Å²) < 4.78 is 0. The monoisotopic (exact) mass is 202 g/mol. The van der Waals surface area contributed by atoms with Gasteiger partial charge in [-0.15, -0.1) is 0 Å². The van der Waals surface area contributed by atoms with E-state index in [4.69, 9.17) is 0 Å². The van der Waals surface area contributed by atoms with Gasteiger partial charge in [-0.1, -0.05) is 23.5 Å². The fourth-order valence-electron chi connectivity index (χ4n) is 1.75. The van der Waals surface area contributed by atoms with Crippen molar-refractivity contribution in [3.63, 3.8) is 0 Å². The second-order valence-electron chi connectivity index (χ2n) is 3.13. The summed E-state index contributed by atoms with van der Waals surface area (Å²) in [5.74, 6) is 1.94. The minimum absolute atomic E-state index is 0.0532. The van der Waals surface area contributed by atoms with Crippen LogP contribution in [0.1, 0.15) is 12.8 Å². The Balaban J connectivity index is 2.08. The molecule has 0 amide bonds. The van der Waals surface area contributed by atoms with E-state index in [1.165, 1.54) is 23.5 Å². The lowest BCUT2D eigenvalue weighted by Crippen LogP contribution is -2.20. The maximum absolute atomic E-state index is 11.3. The quantitative estimate of drug-likeness (QED) is 0.646. The number of hydrogen-bond acceptors (Lipinski definition) is 4. The van der Waals surface area contributed by atoms with E-state index < -0.39 is 0 Å². The van der Waals surface area contributed by atoms with Crippen LogP contribution in [0.5, 0.6) is 0 Å². The first-order valence-electron chi connectivity index (χ1n) is 4.12. The maximum Gasteiger partial charge on any atom is 0.192 e. The predicted octanol–water partition coefficient (Wildman–Crippen LogP) is 1.55. The molecular formula is C8H10O2S2. The van der Waals surface area contributed by atoms with Crippen molar-refractivity contribution in [2.45, 2.75) is 12.8 Å². The summed E-state index contributed by atoms with van der Waals surface area (Å²) in [4.78, 5) is 22.6. The number of hydrogen-bond donors (Lipinski definition) is 0. The highest BCUT2D eigenvalue weighted by Crippen LogP contribution is 2.39. The summed E-state index contributed by atoms with van der Waals surface area (Å²) in [5.41, 5.74) is 0. The summed E-state index contributed by atoms with van der Waals surface area (Å²) in [5, 5.41) is 0.492. The van der Waals surface area contributed by atoms with Gasteiger partial charge in [0.05, 0.1) is 0 Å². The molecule has 0 aromatic carbocycles. The average molecular weight is 202 g/mol. The van der Waals surface area contributed by atoms with Crippen LogP contribution in [-0.2, 0) is 9.59 Å². The molecule has 2 fully saturated rings. The maximum atomic E-state index is 11.3. The molecule has 0 saturated carbocycles. The van der Waals surface area contributed by atoms with Gasteiger partial charge in [-0.2, -0.15) is 0 Å². The molecule has 0 aromatic heterocycles. The zero-order valence-electron chi connectivity index (χ0n) is 6.62. The Morgan fingerprint density at radius 1 is 0.917 bits per heavy atom. The van der Waals surface area contributed by atoms with Crippen LogP contribution >= 0.6 is 23.5 Å². The van der Waals surface area contributed by atoms with Gasteiger partial charge in [-0.25, -0.2) is 0 Å². The first kappa shape index (κ1) is 8.63. The van der Waals surface area contributed by atoms with Gasteiger partial charge < -0.3 is 0 Å². The van der Waals surface area contributed by atoms with Gasteiger partial charge in [0.1, 0.15) is 0 Å². The molecule has 2 unspecified atom stereocenters. The molecule has 2 heterocycles. The summed E-state index contributed by atoms with van der Waals surface area (Å²) in [6, 6.07) is 0. The van der Waals surface area contributed by atoms with Crippen molar-refractivity contribution in [1.29, 1.82) is 0 Å². The Morgan fingerprint density at radius 2 is 1.33 bits per heavy atom. The normalized spacial score (nSPS) is 36.3. The second-order valence-corrected chi connectivity index (χ2v) is 5.32. The van der Waals surface area contributed by atoms with E-state index in [0.29, 0.717) is 0 Å². The van der Waals surface area contributed by atoms with Gasteiger partial charge in [0, 0.05) is 23.3 Å². The molecule has 2 aliphatic rings. The molecule has 0 bridgehead atoms. The zero-order valence-corrected chi connectivity index (χ0v) is 8.25. The fraction of sp³-hybridized carbons (Fsp3) is 0.750. The van der Waals surface area contributed by atoms with Gasteiger partial charge in [0.2, 0.25) is 0 Å². The third-order valence-corrected chi connectivity index (χ3v) is 4.49. The molecule has 2 atom stereocenters. The van der Waals surface area contributed by atoms with Crippen molar-refractivity contribution in [2.24, 2.45) is 11.8 Å². The van der Waals surface area contributed by atoms with Crippen LogP contribution in [0.4, 0.5) is 0 Å². The number of carbonyl (C=O) groups excluding carboxylic acids is 2. The highest BCUT2D eigenvalue weighted by molar-refractivity contribution is 8.14. The van der Waals surface area contributed by atoms with Crippen molar-refractivity contribution in [1.82, 2.24) is 0 Å². The van der Waals surface area contributed by atoms with Gasteiger partial charge in [-0.05, 0) is 12.8 Å². The summed E-state index contributed by atoms with van der Waals surface area (Å²) in [6.45, 7) is 0. The zero-order chi connectivity index (χ0) is 8.55. The van der Waals surface area contributed by atoms with Crippen molar-refractivity contribution in [2.75, 3.05) is 11.5 Å². The Bertz CT molecular complexity index is 203. The van der Waals surface area contributed by atoms with E-state index in [9.17, 15) is 9.59 Å². The Kier molecular flexibility index (Phi) is 2.46. The van der Waals surface area contributed by atoms with E-state index in [1.807, 2.05) is 0 Å². The fourth-order valence-corrected chi connectivity index (χ4v) is 3.89. The van der Waals surface area contributed by atoms with Crippen LogP contribution in [0, 0.1) is 11.8 Å². The second kappa shape index (κ2) is 3.42. The molecule has 0 aliphatic carbocycles. The minimum atomic E-state index is 0.0532. The number of rotatable bonds is 1. The van der Waals surface area contributed by atoms with Crippen molar-refractivity contribution < 1.29 is 9.59 Å². The predicted molar refractivity (Wildman–Crippen MR) is 51.1 cm³/mol. The van der Waals surface area contributed by atoms with Crippen LogP contribution in [0.15, 0.2) is 0 Å². The molecule has 4 heteroatoms. The van der Waals surface area contributed by atoms with Crippen LogP contribution in [0.2, 0.25) is 0 Å². The molecule has 0 aromatic rings. The molecule has 0 spiro atoms. The Morgan fingerprint density at radius 3 is 1.58 bits per heavy atom. The molecule has 66 valence electrons. The van der Waals surface area contributed by atoms with Crippen LogP contribution in [0.25, 0.3) is 0 Å². The van der Waals surface area contributed by atoms with Crippen molar-refractivity contribution in [3.05, 3.63) is 0 Å². The first-order chi connectivity index (χ1) is 5.79. The van der Waals surface area contributed by atoms with E-state index in [-0.39, 0.29) is 22.1 Å². The van der Waals surface area contributed by atoms with E-state index in [2.05, 4.69) is 0 Å². The molecule has 2 nitrogen and oxygen atoms in total. The first-order valence-corrected chi connectivity index (χ1v) is 6.09. The minimum Gasteiger partial charge on any atom is -0.287 e. The van der Waals surface area contributed by atoms with Gasteiger partial charge >= 0.3 is 0 Å². The molecular weight excluding hydrogens is 192 g/mol. The smallest absolute Gasteiger partial charge is 0.192 e. The molecule has 2 rings (SSSR count). The highest BCUT2D eigenvalue weighted by atomic mass is 32.2. The average Bonchev–Trinajstić information content (AvgIpc) is 2.59. The standard InChI is InChI=1S/C8H10O2S2/c9-7-5(1-3-11-7)6-2-4-12-8(6)10/h5-6H,1-4H2. The number of carbonyl (C=O) groups is 2. The molecule has 2 saturated heterocycles. The van der Waals surface area contributed by atoms with Crippen LogP contribution < -0.4 is 0 Å². The van der Waals surface area contributed by atoms with Gasteiger partial charge in [0.15, 0.2) is 10.2 Å². The Hall–Kier alpha value is 0.0400. The van der Waals surface area contributed by atoms with Crippen molar-refractivity contribution >= 4 is 33.8 Å². The summed E-state index contributed by atoms with van der Waals surface area (Å²) >= 11 is 2.79. The third kappa shape index (κ3) is 1.42. The highest BCUT2D eigenvalue weighted by Gasteiger charge is 2.39. The summed E-state index contributed by atoms with van der Waals surface area (Å²) in [7, 11) is 0. The lowest BCUT2D eigenvalue weighted by atomic mass is 9.90. The molecule has 0 radical (unpaired) electrons. The van der Waals surface area contributed by atoms with Crippen LogP contribution in [-0.4, -0.2) is 21.7 Å². The van der Waals surface area contributed by atoms with E-state index in [0.717, 1.165) is 24.3 Å². The Labute approximate surface area is 79.9 Å². The number of thioether (sulfide) groups is 2. The van der Waals surface area contributed by atoms with E-state index in [1.54, 1.807) is 0 Å². The van der Waals surface area contributed by atoms with Gasteiger partial charge in [0.25, 0.3) is 0 Å². The summed E-state index contributed by atoms with van der Waals surface area (Å²) in [6.07, 6.45) is 1.83.